The van der Waals surface area contributed by atoms with Gasteiger partial charge in [-0.15, -0.1) is 11.8 Å². The Kier molecular flexibility index (Phi) is 11.7. The molecule has 0 saturated carbocycles. The van der Waals surface area contributed by atoms with Crippen molar-refractivity contribution in [2.75, 3.05) is 5.75 Å². The number of Topliss-reactive ketones (excluding diaryl/α,β-unsaturated/α-hetero) is 1. The Balaban J connectivity index is 2.08. The Morgan fingerprint density at radius 2 is 1.41 bits per heavy atom. The molecule has 0 spiro atoms. The molecule has 0 aromatic heterocycles. The van der Waals surface area contributed by atoms with Crippen molar-refractivity contribution >= 4 is 47.3 Å². The van der Waals surface area contributed by atoms with Crippen LogP contribution in [0.15, 0.2) is 48.5 Å². The molecule has 2 rings (SSSR count). The van der Waals surface area contributed by atoms with Crippen molar-refractivity contribution in [2.24, 2.45) is 5.92 Å². The highest BCUT2D eigenvalue weighted by atomic mass is 32.2. The zero-order valence-electron chi connectivity index (χ0n) is 21.4. The summed E-state index contributed by atoms with van der Waals surface area (Å²) < 4.78 is 0. The number of hydrogen-bond acceptors (Lipinski definition) is 7. The third-order valence-corrected chi connectivity index (χ3v) is 6.58. The fraction of sp³-hybridized carbons (Fsp3) is 0.333. The van der Waals surface area contributed by atoms with Crippen LogP contribution in [0.2, 0.25) is 0 Å². The maximum absolute atomic E-state index is 13.0. The van der Waals surface area contributed by atoms with E-state index in [4.69, 9.17) is 0 Å². The van der Waals surface area contributed by atoms with Gasteiger partial charge in [-0.05, 0) is 35.2 Å². The maximum Gasteiger partial charge on any atom is 0.335 e. The molecule has 0 unspecified atom stereocenters. The lowest BCUT2D eigenvalue weighted by Crippen LogP contribution is -2.54. The van der Waals surface area contributed by atoms with Gasteiger partial charge in [-0.3, -0.25) is 19.2 Å². The maximum atomic E-state index is 13.0. The number of carboxylic acid groups (broad SMARTS) is 3. The SMILES string of the molecule is CC(C)[C@H](NC(=O)Cc1cc(C(=O)O)cc(C(=O)O)c1)C(=O)N[C@@H](CC(=O)O)C(=O)CSCc1ccccc1. The molecule has 0 heterocycles. The van der Waals surface area contributed by atoms with E-state index in [9.17, 15) is 44.1 Å². The van der Waals surface area contributed by atoms with Gasteiger partial charge in [0.1, 0.15) is 6.04 Å². The Morgan fingerprint density at radius 3 is 1.92 bits per heavy atom. The third kappa shape index (κ3) is 10.2. The van der Waals surface area contributed by atoms with E-state index < -0.39 is 66.3 Å². The molecule has 0 radical (unpaired) electrons. The molecule has 11 nitrogen and oxygen atoms in total. The monoisotopic (exact) mass is 558 g/mol. The summed E-state index contributed by atoms with van der Waals surface area (Å²) in [6.45, 7) is 3.28. The summed E-state index contributed by atoms with van der Waals surface area (Å²) in [7, 11) is 0. The largest absolute Gasteiger partial charge is 0.481 e. The van der Waals surface area contributed by atoms with Crippen LogP contribution in [0.4, 0.5) is 0 Å². The Labute approximate surface area is 229 Å². The molecule has 39 heavy (non-hydrogen) atoms. The number of hydrogen-bond donors (Lipinski definition) is 5. The van der Waals surface area contributed by atoms with Gasteiger partial charge >= 0.3 is 17.9 Å². The van der Waals surface area contributed by atoms with Gasteiger partial charge in [0.05, 0.1) is 35.8 Å². The van der Waals surface area contributed by atoms with Gasteiger partial charge in [-0.2, -0.15) is 0 Å². The molecule has 0 aliphatic heterocycles. The summed E-state index contributed by atoms with van der Waals surface area (Å²) in [5.41, 5.74) is 0.482. The summed E-state index contributed by atoms with van der Waals surface area (Å²) in [5, 5.41) is 32.7. The molecule has 5 N–H and O–H groups in total. The van der Waals surface area contributed by atoms with Crippen molar-refractivity contribution in [3.8, 4) is 0 Å². The number of thioether (sulfide) groups is 1. The minimum absolute atomic E-state index is 0.0301. The highest BCUT2D eigenvalue weighted by Gasteiger charge is 2.30. The number of rotatable bonds is 15. The number of carboxylic acids is 3. The molecule has 0 fully saturated rings. The van der Waals surface area contributed by atoms with Crippen LogP contribution in [-0.4, -0.2) is 68.7 Å². The van der Waals surface area contributed by atoms with Crippen LogP contribution in [-0.2, 0) is 31.4 Å². The van der Waals surface area contributed by atoms with Gasteiger partial charge in [0, 0.05) is 5.75 Å². The van der Waals surface area contributed by atoms with E-state index in [2.05, 4.69) is 10.6 Å². The number of carbonyl (C=O) groups is 6. The van der Waals surface area contributed by atoms with Gasteiger partial charge < -0.3 is 26.0 Å². The Hall–Kier alpha value is -4.19. The third-order valence-electron chi connectivity index (χ3n) is 5.56. The lowest BCUT2D eigenvalue weighted by Gasteiger charge is -2.24. The van der Waals surface area contributed by atoms with Gasteiger partial charge in [-0.25, -0.2) is 9.59 Å². The van der Waals surface area contributed by atoms with Crippen LogP contribution >= 0.6 is 11.8 Å². The first-order chi connectivity index (χ1) is 18.4. The van der Waals surface area contributed by atoms with E-state index in [0.717, 1.165) is 23.8 Å². The zero-order chi connectivity index (χ0) is 29.1. The number of aliphatic carboxylic acids is 1. The van der Waals surface area contributed by atoms with Crippen LogP contribution in [0.5, 0.6) is 0 Å². The average molecular weight is 559 g/mol. The molecule has 2 aromatic carbocycles. The molecule has 208 valence electrons. The second kappa shape index (κ2) is 14.7. The normalized spacial score (nSPS) is 12.3. The molecule has 0 aliphatic carbocycles. The molecule has 2 atom stereocenters. The summed E-state index contributed by atoms with van der Waals surface area (Å²) >= 11 is 1.28. The predicted molar refractivity (Wildman–Crippen MR) is 143 cm³/mol. The Morgan fingerprint density at radius 1 is 0.821 bits per heavy atom. The number of benzene rings is 2. The van der Waals surface area contributed by atoms with Crippen LogP contribution in [0.3, 0.4) is 0 Å². The lowest BCUT2D eigenvalue weighted by molar-refractivity contribution is -0.140. The van der Waals surface area contributed by atoms with Crippen molar-refractivity contribution in [1.29, 1.82) is 0 Å². The van der Waals surface area contributed by atoms with Crippen LogP contribution < -0.4 is 10.6 Å². The van der Waals surface area contributed by atoms with Crippen molar-refractivity contribution < 1.29 is 44.1 Å². The van der Waals surface area contributed by atoms with Crippen molar-refractivity contribution in [3.63, 3.8) is 0 Å². The summed E-state index contributed by atoms with van der Waals surface area (Å²) in [6.07, 6.45) is -1.04. The first-order valence-electron chi connectivity index (χ1n) is 11.9. The number of nitrogens with one attached hydrogen (secondary N) is 2. The first-order valence-corrected chi connectivity index (χ1v) is 13.1. The molecular formula is C27H30N2O9S. The Bertz CT molecular complexity index is 1200. The van der Waals surface area contributed by atoms with E-state index >= 15 is 0 Å². The number of aromatic carboxylic acids is 2. The smallest absolute Gasteiger partial charge is 0.335 e. The minimum atomic E-state index is -1.37. The van der Waals surface area contributed by atoms with Crippen molar-refractivity contribution in [1.82, 2.24) is 10.6 Å². The molecule has 0 saturated heterocycles. The van der Waals surface area contributed by atoms with Gasteiger partial charge in [0.2, 0.25) is 11.8 Å². The van der Waals surface area contributed by atoms with Gasteiger partial charge in [0.25, 0.3) is 0 Å². The average Bonchev–Trinajstić information content (AvgIpc) is 2.86. The summed E-state index contributed by atoms with van der Waals surface area (Å²) in [4.78, 5) is 72.5. The second-order valence-corrected chi connectivity index (χ2v) is 10.1. The zero-order valence-corrected chi connectivity index (χ0v) is 22.2. The number of amides is 2. The molecular weight excluding hydrogens is 528 g/mol. The number of ketones is 1. The van der Waals surface area contributed by atoms with Crippen LogP contribution in [0.25, 0.3) is 0 Å². The van der Waals surface area contributed by atoms with Crippen molar-refractivity contribution in [2.45, 2.75) is 44.5 Å². The van der Waals surface area contributed by atoms with Gasteiger partial charge in [-0.1, -0.05) is 44.2 Å². The molecule has 2 amide bonds. The van der Waals surface area contributed by atoms with Crippen molar-refractivity contribution in [3.05, 3.63) is 70.8 Å². The highest BCUT2D eigenvalue weighted by Crippen LogP contribution is 2.15. The highest BCUT2D eigenvalue weighted by molar-refractivity contribution is 7.99. The standard InChI is InChI=1S/C27H30N2O9S/c1-15(2)24(29-22(31)10-17-8-18(26(35)36)11-19(9-17)27(37)38)25(34)28-20(12-23(32)33)21(30)14-39-13-16-6-4-3-5-7-16/h3-9,11,15,20,24H,10,12-14H2,1-2H3,(H,28,34)(H,29,31)(H,32,33)(H,35,36)(H,37,38)/t20-,24-/m0/s1. The lowest BCUT2D eigenvalue weighted by atomic mass is 10.00. The topological polar surface area (TPSA) is 187 Å². The van der Waals surface area contributed by atoms with Gasteiger partial charge in [0.15, 0.2) is 5.78 Å². The number of carbonyl (C=O) groups excluding carboxylic acids is 3. The fourth-order valence-electron chi connectivity index (χ4n) is 3.61. The van der Waals surface area contributed by atoms with Crippen LogP contribution in [0.1, 0.15) is 52.1 Å². The van der Waals surface area contributed by atoms with E-state index in [1.54, 1.807) is 13.8 Å². The minimum Gasteiger partial charge on any atom is -0.481 e. The van der Waals surface area contributed by atoms with E-state index in [0.29, 0.717) is 5.75 Å². The summed E-state index contributed by atoms with van der Waals surface area (Å²) in [5.74, 6) is -5.90. The quantitative estimate of drug-likeness (QED) is 0.217. The van der Waals surface area contributed by atoms with E-state index in [1.165, 1.54) is 11.8 Å². The molecule has 0 aliphatic rings. The first kappa shape index (κ1) is 31.0. The predicted octanol–water partition coefficient (Wildman–Crippen LogP) is 2.23. The van der Waals surface area contributed by atoms with Crippen LogP contribution in [0, 0.1) is 5.92 Å². The van der Waals surface area contributed by atoms with E-state index in [1.807, 2.05) is 30.3 Å². The fourth-order valence-corrected chi connectivity index (χ4v) is 4.54. The summed E-state index contributed by atoms with van der Waals surface area (Å²) in [6, 6.07) is 10.2. The van der Waals surface area contributed by atoms with E-state index in [-0.39, 0.29) is 22.4 Å². The molecule has 0 bridgehead atoms. The second-order valence-electron chi connectivity index (χ2n) is 9.10. The molecule has 2 aromatic rings. The molecule has 12 heteroatoms.